The number of halogens is 1. The lowest BCUT2D eigenvalue weighted by Crippen LogP contribution is -2.35. The van der Waals surface area contributed by atoms with E-state index in [1.165, 1.54) is 0 Å². The van der Waals surface area contributed by atoms with Gasteiger partial charge in [-0.25, -0.2) is 0 Å². The molecule has 0 radical (unpaired) electrons. The molecule has 0 spiro atoms. The first-order chi connectivity index (χ1) is 8.47. The van der Waals surface area contributed by atoms with Crippen molar-refractivity contribution < 1.29 is 4.79 Å². The molecule has 0 aromatic heterocycles. The van der Waals surface area contributed by atoms with Gasteiger partial charge in [-0.05, 0) is 43.5 Å². The predicted octanol–water partition coefficient (Wildman–Crippen LogP) is 3.41. The summed E-state index contributed by atoms with van der Waals surface area (Å²) < 4.78 is 1.00. The lowest BCUT2D eigenvalue weighted by atomic mass is 10.1. The van der Waals surface area contributed by atoms with Crippen LogP contribution in [-0.4, -0.2) is 18.5 Å². The minimum atomic E-state index is -0.00655. The van der Waals surface area contributed by atoms with Crippen molar-refractivity contribution in [1.82, 2.24) is 5.32 Å². The third-order valence-electron chi connectivity index (χ3n) is 2.56. The highest BCUT2D eigenvalue weighted by Crippen LogP contribution is 2.13. The molecule has 0 heterocycles. The Morgan fingerprint density at radius 1 is 1.22 bits per heavy atom. The zero-order valence-corrected chi connectivity index (χ0v) is 12.8. The van der Waals surface area contributed by atoms with Crippen LogP contribution >= 0.6 is 15.9 Å². The molecule has 1 unspecified atom stereocenters. The molecule has 0 saturated heterocycles. The highest BCUT2D eigenvalue weighted by molar-refractivity contribution is 9.10. The van der Waals surface area contributed by atoms with E-state index in [1.807, 2.05) is 24.3 Å². The lowest BCUT2D eigenvalue weighted by Gasteiger charge is -2.15. The van der Waals surface area contributed by atoms with Crippen LogP contribution in [0.15, 0.2) is 28.7 Å². The Hall–Kier alpha value is -0.870. The van der Waals surface area contributed by atoms with E-state index in [-0.39, 0.29) is 5.91 Å². The molecule has 0 aliphatic carbocycles. The van der Waals surface area contributed by atoms with Crippen LogP contribution in [0.2, 0.25) is 0 Å². The summed E-state index contributed by atoms with van der Waals surface area (Å²) in [6.07, 6.45) is 1.07. The number of carbonyl (C=O) groups excluding carboxylic acids is 1. The molecular formula is C14H21BrN2O. The van der Waals surface area contributed by atoms with E-state index < -0.39 is 0 Å². The van der Waals surface area contributed by atoms with Crippen LogP contribution in [0.25, 0.3) is 0 Å². The number of benzene rings is 1. The molecule has 100 valence electrons. The second-order valence-corrected chi connectivity index (χ2v) is 5.88. The van der Waals surface area contributed by atoms with Gasteiger partial charge in [0.25, 0.3) is 0 Å². The Balaban J connectivity index is 2.31. The van der Waals surface area contributed by atoms with Gasteiger partial charge in [-0.15, -0.1) is 0 Å². The Kier molecular flexibility index (Phi) is 6.36. The van der Waals surface area contributed by atoms with E-state index in [1.54, 1.807) is 0 Å². The SMILES string of the molecule is CC(C)CC(C)NCC(=O)Nc1ccc(Br)cc1. The van der Waals surface area contributed by atoms with Crippen molar-refractivity contribution >= 4 is 27.5 Å². The maximum atomic E-state index is 11.7. The fourth-order valence-corrected chi connectivity index (χ4v) is 2.06. The van der Waals surface area contributed by atoms with Gasteiger partial charge in [0.05, 0.1) is 6.54 Å². The van der Waals surface area contributed by atoms with Crippen molar-refractivity contribution in [2.45, 2.75) is 33.2 Å². The lowest BCUT2D eigenvalue weighted by molar-refractivity contribution is -0.115. The summed E-state index contributed by atoms with van der Waals surface area (Å²) in [5.74, 6) is 0.634. The molecule has 0 aliphatic heterocycles. The Bertz CT molecular complexity index is 376. The fraction of sp³-hybridized carbons (Fsp3) is 0.500. The first-order valence-corrected chi connectivity index (χ1v) is 7.05. The van der Waals surface area contributed by atoms with Crippen molar-refractivity contribution in [2.24, 2.45) is 5.92 Å². The summed E-state index contributed by atoms with van der Waals surface area (Å²) in [5, 5.41) is 6.08. The van der Waals surface area contributed by atoms with E-state index in [9.17, 15) is 4.79 Å². The first-order valence-electron chi connectivity index (χ1n) is 6.26. The van der Waals surface area contributed by atoms with Crippen molar-refractivity contribution in [1.29, 1.82) is 0 Å². The van der Waals surface area contributed by atoms with E-state index in [0.29, 0.717) is 18.5 Å². The van der Waals surface area contributed by atoms with Gasteiger partial charge in [-0.3, -0.25) is 4.79 Å². The average Bonchev–Trinajstić information content (AvgIpc) is 2.29. The normalized spacial score (nSPS) is 12.5. The van der Waals surface area contributed by atoms with Crippen LogP contribution in [0.5, 0.6) is 0 Å². The number of nitrogens with one attached hydrogen (secondary N) is 2. The molecule has 1 rings (SSSR count). The molecule has 3 nitrogen and oxygen atoms in total. The van der Waals surface area contributed by atoms with Crippen LogP contribution in [0, 0.1) is 5.92 Å². The smallest absolute Gasteiger partial charge is 0.238 e. The van der Waals surface area contributed by atoms with Crippen molar-refractivity contribution in [3.63, 3.8) is 0 Å². The van der Waals surface area contributed by atoms with Crippen LogP contribution in [0.1, 0.15) is 27.2 Å². The number of anilines is 1. The molecular weight excluding hydrogens is 292 g/mol. The van der Waals surface area contributed by atoms with E-state index >= 15 is 0 Å². The van der Waals surface area contributed by atoms with E-state index in [4.69, 9.17) is 0 Å². The molecule has 0 saturated carbocycles. The van der Waals surface area contributed by atoms with Crippen molar-refractivity contribution in [3.05, 3.63) is 28.7 Å². The topological polar surface area (TPSA) is 41.1 Å². The summed E-state index contributed by atoms with van der Waals surface area (Å²) in [6.45, 7) is 6.82. The van der Waals surface area contributed by atoms with Crippen LogP contribution in [0.4, 0.5) is 5.69 Å². The summed E-state index contributed by atoms with van der Waals surface area (Å²) in [7, 11) is 0. The third kappa shape index (κ3) is 6.17. The molecule has 18 heavy (non-hydrogen) atoms. The van der Waals surface area contributed by atoms with E-state index in [2.05, 4.69) is 47.3 Å². The predicted molar refractivity (Wildman–Crippen MR) is 79.7 cm³/mol. The molecule has 0 bridgehead atoms. The maximum Gasteiger partial charge on any atom is 0.238 e. The second kappa shape index (κ2) is 7.54. The third-order valence-corrected chi connectivity index (χ3v) is 3.09. The molecule has 0 fully saturated rings. The molecule has 1 amide bonds. The standard InChI is InChI=1S/C14H21BrN2O/c1-10(2)8-11(3)16-9-14(18)17-13-6-4-12(15)5-7-13/h4-7,10-11,16H,8-9H2,1-3H3,(H,17,18). The van der Waals surface area contributed by atoms with Gasteiger partial charge in [-0.2, -0.15) is 0 Å². The van der Waals surface area contributed by atoms with Gasteiger partial charge in [-0.1, -0.05) is 29.8 Å². The minimum Gasteiger partial charge on any atom is -0.325 e. The number of rotatable bonds is 6. The van der Waals surface area contributed by atoms with Crippen LogP contribution in [-0.2, 0) is 4.79 Å². The van der Waals surface area contributed by atoms with Gasteiger partial charge in [0.1, 0.15) is 0 Å². The van der Waals surface area contributed by atoms with Crippen molar-refractivity contribution in [2.75, 3.05) is 11.9 Å². The van der Waals surface area contributed by atoms with E-state index in [0.717, 1.165) is 16.6 Å². The van der Waals surface area contributed by atoms with Gasteiger partial charge >= 0.3 is 0 Å². The second-order valence-electron chi connectivity index (χ2n) is 4.97. The van der Waals surface area contributed by atoms with Crippen LogP contribution < -0.4 is 10.6 Å². The minimum absolute atomic E-state index is 0.00655. The highest BCUT2D eigenvalue weighted by atomic mass is 79.9. The molecule has 4 heteroatoms. The Morgan fingerprint density at radius 2 is 1.83 bits per heavy atom. The quantitative estimate of drug-likeness (QED) is 0.845. The zero-order valence-electron chi connectivity index (χ0n) is 11.2. The Morgan fingerprint density at radius 3 is 2.39 bits per heavy atom. The largest absolute Gasteiger partial charge is 0.325 e. The Labute approximate surface area is 117 Å². The first kappa shape index (κ1) is 15.2. The molecule has 1 atom stereocenters. The van der Waals surface area contributed by atoms with Crippen molar-refractivity contribution in [3.8, 4) is 0 Å². The monoisotopic (exact) mass is 312 g/mol. The number of hydrogen-bond acceptors (Lipinski definition) is 2. The number of hydrogen-bond donors (Lipinski definition) is 2. The summed E-state index contributed by atoms with van der Waals surface area (Å²) in [6, 6.07) is 7.93. The molecule has 1 aromatic rings. The number of carbonyl (C=O) groups is 1. The number of amides is 1. The summed E-state index contributed by atoms with van der Waals surface area (Å²) in [4.78, 5) is 11.7. The van der Waals surface area contributed by atoms with Gasteiger partial charge in [0.2, 0.25) is 5.91 Å². The summed E-state index contributed by atoms with van der Waals surface area (Å²) >= 11 is 3.36. The van der Waals surface area contributed by atoms with Crippen LogP contribution in [0.3, 0.4) is 0 Å². The highest BCUT2D eigenvalue weighted by Gasteiger charge is 2.07. The average molecular weight is 313 g/mol. The zero-order chi connectivity index (χ0) is 13.5. The van der Waals surface area contributed by atoms with Gasteiger partial charge in [0, 0.05) is 16.2 Å². The van der Waals surface area contributed by atoms with Gasteiger partial charge in [0.15, 0.2) is 0 Å². The molecule has 2 N–H and O–H groups in total. The molecule has 0 aliphatic rings. The van der Waals surface area contributed by atoms with Gasteiger partial charge < -0.3 is 10.6 Å². The fourth-order valence-electron chi connectivity index (χ4n) is 1.80. The summed E-state index contributed by atoms with van der Waals surface area (Å²) in [5.41, 5.74) is 0.821. The molecule has 1 aromatic carbocycles. The maximum absolute atomic E-state index is 11.7.